The van der Waals surface area contributed by atoms with Crippen LogP contribution in [-0.4, -0.2) is 36.3 Å². The first kappa shape index (κ1) is 20.0. The van der Waals surface area contributed by atoms with E-state index in [0.29, 0.717) is 12.6 Å². The zero-order valence-electron chi connectivity index (χ0n) is 14.1. The second-order valence-corrected chi connectivity index (χ2v) is 5.89. The van der Waals surface area contributed by atoms with Crippen LogP contribution in [0.25, 0.3) is 0 Å². The Bertz CT molecular complexity index is 487. The van der Waals surface area contributed by atoms with Crippen LogP contribution >= 0.6 is 24.0 Å². The molecule has 6 heteroatoms. The number of rotatable bonds is 7. The van der Waals surface area contributed by atoms with E-state index in [0.717, 1.165) is 23.8 Å². The van der Waals surface area contributed by atoms with Crippen LogP contribution in [0.1, 0.15) is 45.3 Å². The topological polar surface area (TPSA) is 65.9 Å². The monoisotopic (exact) mass is 433 g/mol. The number of aliphatic hydroxyl groups is 1. The van der Waals surface area contributed by atoms with E-state index < -0.39 is 6.10 Å². The lowest BCUT2D eigenvalue weighted by molar-refractivity contribution is 0.186. The highest BCUT2D eigenvalue weighted by molar-refractivity contribution is 14.0. The Morgan fingerprint density at radius 3 is 2.48 bits per heavy atom. The molecule has 2 rings (SSSR count). The van der Waals surface area contributed by atoms with Crippen molar-refractivity contribution in [1.29, 1.82) is 0 Å². The summed E-state index contributed by atoms with van der Waals surface area (Å²) >= 11 is 0. The summed E-state index contributed by atoms with van der Waals surface area (Å²) in [6, 6.07) is 8.09. The SMILES string of the molecule is CCNC(=NCC(O)c1ccc(OC(C)C)cc1)NC1CC1.I. The number of benzene rings is 1. The van der Waals surface area contributed by atoms with E-state index in [1.54, 1.807) is 0 Å². The normalized spacial score (nSPS) is 15.8. The first-order valence-electron chi connectivity index (χ1n) is 8.08. The number of hydrogen-bond acceptors (Lipinski definition) is 3. The summed E-state index contributed by atoms with van der Waals surface area (Å²) in [5, 5.41) is 16.8. The highest BCUT2D eigenvalue weighted by Crippen LogP contribution is 2.20. The lowest BCUT2D eigenvalue weighted by atomic mass is 10.1. The molecule has 0 amide bonds. The van der Waals surface area contributed by atoms with Crippen molar-refractivity contribution in [1.82, 2.24) is 10.6 Å². The Morgan fingerprint density at radius 2 is 1.96 bits per heavy atom. The average molecular weight is 433 g/mol. The molecular formula is C17H28IN3O2. The van der Waals surface area contributed by atoms with Gasteiger partial charge in [0.1, 0.15) is 5.75 Å². The van der Waals surface area contributed by atoms with E-state index in [2.05, 4.69) is 15.6 Å². The molecule has 1 aromatic rings. The number of ether oxygens (including phenoxy) is 1. The predicted octanol–water partition coefficient (Wildman–Crippen LogP) is 2.84. The second kappa shape index (κ2) is 9.97. The molecule has 1 atom stereocenters. The number of hydrogen-bond donors (Lipinski definition) is 3. The van der Waals surface area contributed by atoms with Crippen LogP contribution in [0, 0.1) is 0 Å². The minimum Gasteiger partial charge on any atom is -0.491 e. The molecule has 0 aromatic heterocycles. The van der Waals surface area contributed by atoms with Gasteiger partial charge < -0.3 is 20.5 Å². The molecular weight excluding hydrogens is 405 g/mol. The van der Waals surface area contributed by atoms with Gasteiger partial charge in [-0.1, -0.05) is 12.1 Å². The van der Waals surface area contributed by atoms with Crippen LogP contribution in [0.5, 0.6) is 5.75 Å². The Labute approximate surface area is 155 Å². The van der Waals surface area contributed by atoms with E-state index in [9.17, 15) is 5.11 Å². The Morgan fingerprint density at radius 1 is 1.30 bits per heavy atom. The minimum atomic E-state index is -0.609. The van der Waals surface area contributed by atoms with Crippen molar-refractivity contribution < 1.29 is 9.84 Å². The highest BCUT2D eigenvalue weighted by Gasteiger charge is 2.22. The Kier molecular flexibility index (Phi) is 8.68. The van der Waals surface area contributed by atoms with Crippen molar-refractivity contribution in [2.75, 3.05) is 13.1 Å². The third kappa shape index (κ3) is 7.39. The molecule has 1 saturated carbocycles. The lowest BCUT2D eigenvalue weighted by Gasteiger charge is -2.14. The van der Waals surface area contributed by atoms with Gasteiger partial charge in [0.2, 0.25) is 0 Å². The molecule has 0 saturated heterocycles. The van der Waals surface area contributed by atoms with Gasteiger partial charge in [-0.05, 0) is 51.3 Å². The Hall–Kier alpha value is -1.02. The van der Waals surface area contributed by atoms with E-state index in [1.165, 1.54) is 12.8 Å². The first-order valence-corrected chi connectivity index (χ1v) is 8.08. The number of halogens is 1. The van der Waals surface area contributed by atoms with Crippen LogP contribution in [0.4, 0.5) is 0 Å². The van der Waals surface area contributed by atoms with Crippen LogP contribution in [0.3, 0.4) is 0 Å². The highest BCUT2D eigenvalue weighted by atomic mass is 127. The molecule has 1 aliphatic rings. The summed E-state index contributed by atoms with van der Waals surface area (Å²) in [6.45, 7) is 7.18. The van der Waals surface area contributed by atoms with Crippen LogP contribution in [0.15, 0.2) is 29.3 Å². The summed E-state index contributed by atoms with van der Waals surface area (Å²) in [4.78, 5) is 4.45. The zero-order valence-corrected chi connectivity index (χ0v) is 16.4. The Balaban J connectivity index is 0.00000264. The number of nitrogens with zero attached hydrogens (tertiary/aromatic N) is 1. The fraction of sp³-hybridized carbons (Fsp3) is 0.588. The maximum Gasteiger partial charge on any atom is 0.191 e. The van der Waals surface area contributed by atoms with Gasteiger partial charge in [0.05, 0.1) is 18.8 Å². The summed E-state index contributed by atoms with van der Waals surface area (Å²) in [7, 11) is 0. The molecule has 0 aliphatic heterocycles. The van der Waals surface area contributed by atoms with Crippen LogP contribution in [0.2, 0.25) is 0 Å². The van der Waals surface area contributed by atoms with Gasteiger partial charge in [-0.15, -0.1) is 24.0 Å². The maximum atomic E-state index is 10.3. The van der Waals surface area contributed by atoms with Crippen molar-refractivity contribution in [3.8, 4) is 5.75 Å². The number of guanidine groups is 1. The van der Waals surface area contributed by atoms with Crippen molar-refractivity contribution in [3.63, 3.8) is 0 Å². The minimum absolute atomic E-state index is 0. The average Bonchev–Trinajstić information content (AvgIpc) is 3.29. The molecule has 1 fully saturated rings. The van der Waals surface area contributed by atoms with Gasteiger partial charge in [-0.2, -0.15) is 0 Å². The maximum absolute atomic E-state index is 10.3. The molecule has 1 aromatic carbocycles. The predicted molar refractivity (Wildman–Crippen MR) is 105 cm³/mol. The molecule has 0 radical (unpaired) electrons. The molecule has 0 heterocycles. The largest absolute Gasteiger partial charge is 0.491 e. The summed E-state index contributed by atoms with van der Waals surface area (Å²) < 4.78 is 5.60. The van der Waals surface area contributed by atoms with E-state index in [-0.39, 0.29) is 30.1 Å². The third-order valence-corrected chi connectivity index (χ3v) is 3.32. The fourth-order valence-corrected chi connectivity index (χ4v) is 2.06. The standard InChI is InChI=1S/C17H27N3O2.HI/c1-4-18-17(20-14-7-8-14)19-11-16(21)13-5-9-15(10-6-13)22-12(2)3;/h5-6,9-10,12,14,16,21H,4,7-8,11H2,1-3H3,(H2,18,19,20);1H. The number of aliphatic imine (C=N–C) groups is 1. The van der Waals surface area contributed by atoms with Crippen molar-refractivity contribution in [2.45, 2.75) is 51.9 Å². The van der Waals surface area contributed by atoms with Crippen LogP contribution in [-0.2, 0) is 0 Å². The lowest BCUT2D eigenvalue weighted by Crippen LogP contribution is -2.38. The van der Waals surface area contributed by atoms with Crippen molar-refractivity contribution in [3.05, 3.63) is 29.8 Å². The molecule has 5 nitrogen and oxygen atoms in total. The van der Waals surface area contributed by atoms with Gasteiger partial charge in [-0.25, -0.2) is 0 Å². The second-order valence-electron chi connectivity index (χ2n) is 5.89. The summed E-state index contributed by atoms with van der Waals surface area (Å²) in [6.07, 6.45) is 1.94. The molecule has 3 N–H and O–H groups in total. The quantitative estimate of drug-likeness (QED) is 0.352. The van der Waals surface area contributed by atoms with Crippen molar-refractivity contribution >= 4 is 29.9 Å². The van der Waals surface area contributed by atoms with Gasteiger partial charge in [0.25, 0.3) is 0 Å². The van der Waals surface area contributed by atoms with Gasteiger partial charge in [0.15, 0.2) is 5.96 Å². The molecule has 23 heavy (non-hydrogen) atoms. The summed E-state index contributed by atoms with van der Waals surface area (Å²) in [5.74, 6) is 1.60. The van der Waals surface area contributed by atoms with Crippen molar-refractivity contribution in [2.24, 2.45) is 4.99 Å². The van der Waals surface area contributed by atoms with E-state index >= 15 is 0 Å². The van der Waals surface area contributed by atoms with Gasteiger partial charge >= 0.3 is 0 Å². The molecule has 1 aliphatic carbocycles. The zero-order chi connectivity index (χ0) is 15.9. The van der Waals surface area contributed by atoms with Crippen LogP contribution < -0.4 is 15.4 Å². The van der Waals surface area contributed by atoms with E-state index in [1.807, 2.05) is 45.0 Å². The molecule has 0 bridgehead atoms. The van der Waals surface area contributed by atoms with Gasteiger partial charge in [0, 0.05) is 12.6 Å². The molecule has 0 spiro atoms. The number of aliphatic hydroxyl groups excluding tert-OH is 1. The number of nitrogens with one attached hydrogen (secondary N) is 2. The third-order valence-electron chi connectivity index (χ3n) is 3.32. The first-order chi connectivity index (χ1) is 10.6. The fourth-order valence-electron chi connectivity index (χ4n) is 2.06. The smallest absolute Gasteiger partial charge is 0.191 e. The summed E-state index contributed by atoms with van der Waals surface area (Å²) in [5.41, 5.74) is 0.849. The molecule has 130 valence electrons. The van der Waals surface area contributed by atoms with Gasteiger partial charge in [-0.3, -0.25) is 4.99 Å². The van der Waals surface area contributed by atoms with E-state index in [4.69, 9.17) is 4.74 Å². The molecule has 1 unspecified atom stereocenters.